The Morgan fingerprint density at radius 3 is 2.12 bits per heavy atom. The fourth-order valence-corrected chi connectivity index (χ4v) is 4.24. The summed E-state index contributed by atoms with van der Waals surface area (Å²) in [6, 6.07) is 16.3. The van der Waals surface area contributed by atoms with E-state index in [1.54, 1.807) is 0 Å². The molecule has 0 spiro atoms. The maximum Gasteiger partial charge on any atom is 0.234 e. The number of carbonyl (C=O) groups excluding carboxylic acids is 2. The van der Waals surface area contributed by atoms with Gasteiger partial charge in [0.1, 0.15) is 0 Å². The maximum atomic E-state index is 12.9. The molecule has 0 atom stereocenters. The molecule has 2 aromatic carbocycles. The van der Waals surface area contributed by atoms with E-state index >= 15 is 0 Å². The molecule has 0 aliphatic carbocycles. The topological polar surface area (TPSA) is 52.7 Å². The second-order valence-corrected chi connectivity index (χ2v) is 9.55. The number of carbonyl (C=O) groups is 2. The van der Waals surface area contributed by atoms with Gasteiger partial charge in [-0.15, -0.1) is 0 Å². The summed E-state index contributed by atoms with van der Waals surface area (Å²) in [6.07, 6.45) is 2.66. The molecule has 0 aromatic heterocycles. The zero-order valence-corrected chi connectivity index (χ0v) is 19.9. The normalized spacial score (nSPS) is 15.0. The van der Waals surface area contributed by atoms with E-state index in [9.17, 15) is 9.59 Å². The molecule has 0 bridgehead atoms. The molecule has 0 unspecified atom stereocenters. The zero-order chi connectivity index (χ0) is 23.1. The van der Waals surface area contributed by atoms with Crippen molar-refractivity contribution in [2.24, 2.45) is 11.8 Å². The zero-order valence-electron chi connectivity index (χ0n) is 19.9. The van der Waals surface area contributed by atoms with Gasteiger partial charge in [0.05, 0.1) is 6.54 Å². The number of likely N-dealkylation sites (tertiary alicyclic amines) is 1. The number of ketones is 1. The summed E-state index contributed by atoms with van der Waals surface area (Å²) in [5.74, 6) is 0.945. The van der Waals surface area contributed by atoms with E-state index in [0.29, 0.717) is 19.0 Å². The number of amides is 1. The minimum Gasteiger partial charge on any atom is -0.378 e. The minimum atomic E-state index is 0.0344. The van der Waals surface area contributed by atoms with Crippen molar-refractivity contribution in [3.8, 4) is 0 Å². The van der Waals surface area contributed by atoms with Gasteiger partial charge in [0, 0.05) is 37.8 Å². The lowest BCUT2D eigenvalue weighted by Gasteiger charge is -2.30. The predicted molar refractivity (Wildman–Crippen MR) is 131 cm³/mol. The van der Waals surface area contributed by atoms with Crippen molar-refractivity contribution < 1.29 is 9.59 Å². The molecule has 5 nitrogen and oxygen atoms in total. The van der Waals surface area contributed by atoms with Crippen molar-refractivity contribution in [3.63, 3.8) is 0 Å². The van der Waals surface area contributed by atoms with Crippen molar-refractivity contribution in [1.82, 2.24) is 10.2 Å². The molecule has 2 aromatic rings. The van der Waals surface area contributed by atoms with Crippen molar-refractivity contribution in [3.05, 3.63) is 65.2 Å². The van der Waals surface area contributed by atoms with Crippen LogP contribution in [0.1, 0.15) is 48.2 Å². The van der Waals surface area contributed by atoms with E-state index in [2.05, 4.69) is 53.2 Å². The molecular formula is C27H37N3O2. The number of benzene rings is 2. The Hall–Kier alpha value is -2.66. The summed E-state index contributed by atoms with van der Waals surface area (Å²) in [5.41, 5.74) is 4.33. The van der Waals surface area contributed by atoms with Crippen LogP contribution >= 0.6 is 0 Å². The van der Waals surface area contributed by atoms with Gasteiger partial charge in [-0.25, -0.2) is 0 Å². The van der Waals surface area contributed by atoms with Gasteiger partial charge in [-0.3, -0.25) is 14.5 Å². The van der Waals surface area contributed by atoms with E-state index in [-0.39, 0.29) is 17.6 Å². The highest BCUT2D eigenvalue weighted by Crippen LogP contribution is 2.22. The quantitative estimate of drug-likeness (QED) is 0.601. The summed E-state index contributed by atoms with van der Waals surface area (Å²) in [6.45, 7) is 6.90. The number of nitrogens with zero attached hydrogens (tertiary/aromatic N) is 2. The van der Waals surface area contributed by atoms with Crippen molar-refractivity contribution >= 4 is 17.4 Å². The molecule has 5 heteroatoms. The summed E-state index contributed by atoms with van der Waals surface area (Å²) < 4.78 is 0. The fourth-order valence-electron chi connectivity index (χ4n) is 4.24. The SMILES string of the molecule is CC(C)Cc1ccc(C(=O)C2CCN(CC(=O)NCc3ccc(N(C)C)cc3)CC2)cc1. The molecular weight excluding hydrogens is 398 g/mol. The van der Waals surface area contributed by atoms with Gasteiger partial charge >= 0.3 is 0 Å². The molecule has 1 aliphatic heterocycles. The Labute approximate surface area is 192 Å². The van der Waals surface area contributed by atoms with Crippen LogP contribution in [0.15, 0.2) is 48.5 Å². The van der Waals surface area contributed by atoms with Crippen LogP contribution in [0.5, 0.6) is 0 Å². The van der Waals surface area contributed by atoms with Crippen molar-refractivity contribution in [2.45, 2.75) is 39.7 Å². The highest BCUT2D eigenvalue weighted by atomic mass is 16.2. The third-order valence-corrected chi connectivity index (χ3v) is 6.15. The molecule has 1 N–H and O–H groups in total. The molecule has 32 heavy (non-hydrogen) atoms. The van der Waals surface area contributed by atoms with Crippen molar-refractivity contribution in [1.29, 1.82) is 0 Å². The molecule has 172 valence electrons. The van der Waals surface area contributed by atoms with Crippen LogP contribution in [-0.2, 0) is 17.8 Å². The first-order valence-electron chi connectivity index (χ1n) is 11.7. The highest BCUT2D eigenvalue weighted by molar-refractivity contribution is 5.98. The second-order valence-electron chi connectivity index (χ2n) is 9.55. The Bertz CT molecular complexity index is 880. The van der Waals surface area contributed by atoms with E-state index in [1.807, 2.05) is 38.4 Å². The molecule has 1 heterocycles. The van der Waals surface area contributed by atoms with Gasteiger partial charge in [-0.1, -0.05) is 50.2 Å². The molecule has 3 rings (SSSR count). The van der Waals surface area contributed by atoms with Crippen molar-refractivity contribution in [2.75, 3.05) is 38.6 Å². The van der Waals surface area contributed by atoms with Crippen LogP contribution in [0.25, 0.3) is 0 Å². The number of hydrogen-bond donors (Lipinski definition) is 1. The summed E-state index contributed by atoms with van der Waals surface area (Å²) in [4.78, 5) is 29.5. The van der Waals surface area contributed by atoms with Gasteiger partial charge in [0.25, 0.3) is 0 Å². The first-order valence-corrected chi connectivity index (χ1v) is 11.7. The fraction of sp³-hybridized carbons (Fsp3) is 0.481. The number of Topliss-reactive ketones (excluding diaryl/α,β-unsaturated/α-hetero) is 1. The van der Waals surface area contributed by atoms with E-state index in [0.717, 1.165) is 49.2 Å². The monoisotopic (exact) mass is 435 g/mol. The lowest BCUT2D eigenvalue weighted by molar-refractivity contribution is -0.122. The minimum absolute atomic E-state index is 0.0344. The molecule has 1 aliphatic rings. The van der Waals surface area contributed by atoms with E-state index in [1.165, 1.54) is 5.56 Å². The third kappa shape index (κ3) is 6.92. The van der Waals surface area contributed by atoms with E-state index in [4.69, 9.17) is 0 Å². The smallest absolute Gasteiger partial charge is 0.234 e. The lowest BCUT2D eigenvalue weighted by Crippen LogP contribution is -2.42. The third-order valence-electron chi connectivity index (χ3n) is 6.15. The van der Waals surface area contributed by atoms with Crippen LogP contribution < -0.4 is 10.2 Å². The first-order chi connectivity index (χ1) is 15.3. The standard InChI is InChI=1S/C27H37N3O2/c1-20(2)17-21-5-9-23(10-6-21)27(32)24-13-15-30(16-14-24)19-26(31)28-18-22-7-11-25(12-8-22)29(3)4/h5-12,20,24H,13-19H2,1-4H3,(H,28,31). The van der Waals surface area contributed by atoms with Crippen LogP contribution in [0, 0.1) is 11.8 Å². The summed E-state index contributed by atoms with van der Waals surface area (Å²) in [7, 11) is 4.02. The molecule has 1 amide bonds. The molecule has 0 saturated carbocycles. The number of anilines is 1. The average molecular weight is 436 g/mol. The van der Waals surface area contributed by atoms with Crippen LogP contribution in [0.4, 0.5) is 5.69 Å². The van der Waals surface area contributed by atoms with Gasteiger partial charge in [-0.2, -0.15) is 0 Å². The van der Waals surface area contributed by atoms with Crippen LogP contribution in [0.3, 0.4) is 0 Å². The number of nitrogens with one attached hydrogen (secondary N) is 1. The Morgan fingerprint density at radius 1 is 0.969 bits per heavy atom. The van der Waals surface area contributed by atoms with E-state index < -0.39 is 0 Å². The molecule has 1 fully saturated rings. The summed E-state index contributed by atoms with van der Waals surface area (Å²) in [5, 5.41) is 3.01. The Morgan fingerprint density at radius 2 is 1.56 bits per heavy atom. The van der Waals surface area contributed by atoms with Crippen LogP contribution in [0.2, 0.25) is 0 Å². The van der Waals surface area contributed by atoms with Gasteiger partial charge < -0.3 is 10.2 Å². The summed E-state index contributed by atoms with van der Waals surface area (Å²) >= 11 is 0. The first kappa shape index (κ1) is 24.0. The highest BCUT2D eigenvalue weighted by Gasteiger charge is 2.26. The number of hydrogen-bond acceptors (Lipinski definition) is 4. The molecule has 1 saturated heterocycles. The van der Waals surface area contributed by atoms with Gasteiger partial charge in [0.15, 0.2) is 5.78 Å². The average Bonchev–Trinajstić information content (AvgIpc) is 2.78. The van der Waals surface area contributed by atoms with Crippen LogP contribution in [-0.4, -0.2) is 50.3 Å². The lowest BCUT2D eigenvalue weighted by atomic mass is 9.88. The maximum absolute atomic E-state index is 12.9. The Kier molecular flexibility index (Phi) is 8.46. The largest absolute Gasteiger partial charge is 0.378 e. The van der Waals surface area contributed by atoms with Gasteiger partial charge in [-0.05, 0) is 61.5 Å². The Balaban J connectivity index is 1.41. The second kappa shape index (κ2) is 11.3. The molecule has 0 radical (unpaired) electrons. The predicted octanol–water partition coefficient (Wildman–Crippen LogP) is 4.16. The number of piperidine rings is 1. The number of rotatable bonds is 9. The van der Waals surface area contributed by atoms with Gasteiger partial charge in [0.2, 0.25) is 5.91 Å².